The molecule has 0 aliphatic heterocycles. The Labute approximate surface area is 307 Å². The van der Waals surface area contributed by atoms with E-state index in [9.17, 15) is 0 Å². The second kappa shape index (κ2) is 11.6. The van der Waals surface area contributed by atoms with Crippen molar-refractivity contribution in [2.24, 2.45) is 0 Å². The Morgan fingerprint density at radius 3 is 1.46 bits per heavy atom. The van der Waals surface area contributed by atoms with E-state index in [0.29, 0.717) is 17.6 Å². The van der Waals surface area contributed by atoms with Crippen molar-refractivity contribution >= 4 is 65.2 Å². The smallest absolute Gasteiger partial charge is 0.238 e. The molecule has 3 aromatic heterocycles. The van der Waals surface area contributed by atoms with Gasteiger partial charge in [0.05, 0.1) is 22.1 Å². The lowest BCUT2D eigenvalue weighted by Gasteiger charge is -2.11. The summed E-state index contributed by atoms with van der Waals surface area (Å²) in [6.07, 6.45) is 0. The third-order valence-corrected chi connectivity index (χ3v) is 10.5. The molecular formula is C47H27F2N5. The van der Waals surface area contributed by atoms with Crippen LogP contribution in [0.25, 0.3) is 99.6 Å². The van der Waals surface area contributed by atoms with Crippen LogP contribution in [0.1, 0.15) is 0 Å². The van der Waals surface area contributed by atoms with E-state index in [1.807, 2.05) is 89.5 Å². The molecule has 0 fully saturated rings. The molecule has 0 atom stereocenters. The number of benzene rings is 8. The van der Waals surface area contributed by atoms with Crippen LogP contribution in [0.3, 0.4) is 0 Å². The molecule has 0 aliphatic carbocycles. The van der Waals surface area contributed by atoms with Crippen LogP contribution in [-0.4, -0.2) is 24.1 Å². The van der Waals surface area contributed by atoms with Gasteiger partial charge in [-0.05, 0) is 82.2 Å². The maximum absolute atomic E-state index is 15.3. The molecule has 254 valence electrons. The number of rotatable bonds is 4. The van der Waals surface area contributed by atoms with E-state index in [4.69, 9.17) is 15.0 Å². The van der Waals surface area contributed by atoms with E-state index < -0.39 is 0 Å². The average Bonchev–Trinajstić information content (AvgIpc) is 3.73. The Balaban J connectivity index is 1.23. The summed E-state index contributed by atoms with van der Waals surface area (Å²) in [6.45, 7) is 0. The van der Waals surface area contributed by atoms with Gasteiger partial charge < -0.3 is 4.57 Å². The zero-order valence-electron chi connectivity index (χ0n) is 28.6. The minimum Gasteiger partial charge on any atom is -0.309 e. The number of aromatic nitrogens is 5. The van der Waals surface area contributed by atoms with Crippen LogP contribution >= 0.6 is 0 Å². The van der Waals surface area contributed by atoms with E-state index in [-0.39, 0.29) is 11.6 Å². The molecule has 0 unspecified atom stereocenters. The summed E-state index contributed by atoms with van der Waals surface area (Å²) in [4.78, 5) is 15.0. The third kappa shape index (κ3) is 4.58. The van der Waals surface area contributed by atoms with Crippen LogP contribution in [0, 0.1) is 11.6 Å². The van der Waals surface area contributed by atoms with Crippen molar-refractivity contribution in [3.05, 3.63) is 175 Å². The summed E-state index contributed by atoms with van der Waals surface area (Å²) in [7, 11) is 0. The number of nitrogens with zero attached hydrogens (tertiary/aromatic N) is 5. The predicted molar refractivity (Wildman–Crippen MR) is 214 cm³/mol. The van der Waals surface area contributed by atoms with Crippen molar-refractivity contribution in [2.75, 3.05) is 0 Å². The Hall–Kier alpha value is -7.25. The van der Waals surface area contributed by atoms with Crippen molar-refractivity contribution in [1.29, 1.82) is 0 Å². The summed E-state index contributed by atoms with van der Waals surface area (Å²) >= 11 is 0. The van der Waals surface area contributed by atoms with E-state index in [0.717, 1.165) is 82.0 Å². The van der Waals surface area contributed by atoms with Crippen molar-refractivity contribution in [1.82, 2.24) is 24.1 Å². The predicted octanol–water partition coefficient (Wildman–Crippen LogP) is 12.0. The molecule has 0 saturated carbocycles. The average molecular weight is 700 g/mol. The second-order valence-corrected chi connectivity index (χ2v) is 13.6. The largest absolute Gasteiger partial charge is 0.309 e. The molecule has 8 aromatic carbocycles. The minimum atomic E-state index is -0.347. The van der Waals surface area contributed by atoms with Crippen LogP contribution in [0.5, 0.6) is 0 Å². The summed E-state index contributed by atoms with van der Waals surface area (Å²) in [6, 6.07) is 52.4. The van der Waals surface area contributed by atoms with Crippen molar-refractivity contribution in [3.63, 3.8) is 0 Å². The van der Waals surface area contributed by atoms with E-state index >= 15 is 8.78 Å². The van der Waals surface area contributed by atoms with Gasteiger partial charge >= 0.3 is 0 Å². The molecule has 54 heavy (non-hydrogen) atoms. The lowest BCUT2D eigenvalue weighted by atomic mass is 9.99. The first-order valence-electron chi connectivity index (χ1n) is 17.7. The first-order valence-corrected chi connectivity index (χ1v) is 17.7. The summed E-state index contributed by atoms with van der Waals surface area (Å²) in [5.41, 5.74) is 6.11. The van der Waals surface area contributed by atoms with Crippen LogP contribution in [-0.2, 0) is 0 Å². The second-order valence-electron chi connectivity index (χ2n) is 13.6. The lowest BCUT2D eigenvalue weighted by Crippen LogP contribution is -2.06. The minimum absolute atomic E-state index is 0.310. The number of hydrogen-bond donors (Lipinski definition) is 0. The van der Waals surface area contributed by atoms with Gasteiger partial charge in [-0.15, -0.1) is 0 Å². The first-order chi connectivity index (χ1) is 26.6. The van der Waals surface area contributed by atoms with Crippen LogP contribution < -0.4 is 0 Å². The molecule has 0 bridgehead atoms. The third-order valence-electron chi connectivity index (χ3n) is 10.5. The zero-order valence-corrected chi connectivity index (χ0v) is 28.6. The quantitative estimate of drug-likeness (QED) is 0.184. The molecule has 11 rings (SSSR count). The molecule has 0 saturated heterocycles. The van der Waals surface area contributed by atoms with Gasteiger partial charge in [0.25, 0.3) is 0 Å². The molecule has 3 heterocycles. The van der Waals surface area contributed by atoms with Gasteiger partial charge in [0, 0.05) is 38.4 Å². The Morgan fingerprint density at radius 2 is 0.870 bits per heavy atom. The highest BCUT2D eigenvalue weighted by Gasteiger charge is 2.22. The van der Waals surface area contributed by atoms with Crippen molar-refractivity contribution in [2.45, 2.75) is 0 Å². The van der Waals surface area contributed by atoms with Crippen LogP contribution in [0.2, 0.25) is 0 Å². The number of hydrogen-bond acceptors (Lipinski definition) is 3. The summed E-state index contributed by atoms with van der Waals surface area (Å²) < 4.78 is 34.6. The fourth-order valence-electron chi connectivity index (χ4n) is 8.09. The summed E-state index contributed by atoms with van der Waals surface area (Å²) in [5.74, 6) is 0.824. The molecule has 7 heteroatoms. The normalized spacial score (nSPS) is 11.9. The Morgan fingerprint density at radius 1 is 0.370 bits per heavy atom. The zero-order chi connectivity index (χ0) is 35.9. The van der Waals surface area contributed by atoms with Gasteiger partial charge in [-0.1, -0.05) is 103 Å². The van der Waals surface area contributed by atoms with Crippen LogP contribution in [0.15, 0.2) is 164 Å². The molecule has 0 aliphatic rings. The Bertz CT molecular complexity index is 3240. The maximum atomic E-state index is 15.3. The lowest BCUT2D eigenvalue weighted by molar-refractivity contribution is 0.629. The fraction of sp³-hybridized carbons (Fsp3) is 0. The molecule has 0 spiro atoms. The van der Waals surface area contributed by atoms with Crippen LogP contribution in [0.4, 0.5) is 8.78 Å². The molecule has 0 N–H and O–H groups in total. The number of fused-ring (bicyclic) bond motifs is 10. The molecule has 0 radical (unpaired) electrons. The SMILES string of the molecule is Fc1ccc2c(c1)c1c3ccc4c(c3ccc1n2-c1ccc2ccccc2c1)c1cc(F)ccc1n4-c1nc(-c2ccccc2)nc(-c2ccccc2)n1. The van der Waals surface area contributed by atoms with E-state index in [1.54, 1.807) is 18.2 Å². The van der Waals surface area contributed by atoms with E-state index in [2.05, 4.69) is 53.1 Å². The van der Waals surface area contributed by atoms with Gasteiger partial charge in [0.15, 0.2) is 11.6 Å². The van der Waals surface area contributed by atoms with Gasteiger partial charge in [0.2, 0.25) is 5.95 Å². The van der Waals surface area contributed by atoms with Crippen molar-refractivity contribution in [3.8, 4) is 34.4 Å². The Kier molecular flexibility index (Phi) is 6.54. The van der Waals surface area contributed by atoms with Gasteiger partial charge in [-0.25, -0.2) is 13.8 Å². The fourth-order valence-corrected chi connectivity index (χ4v) is 8.09. The highest BCUT2D eigenvalue weighted by atomic mass is 19.1. The monoisotopic (exact) mass is 699 g/mol. The number of halogens is 2. The standard InChI is InChI=1S/C47H27F2N5/c48-32-16-21-39-37(26-32)43-35-20-24-42-44(36(35)19-23-41(43)53(39)34-18-15-28-9-7-8-14-31(28)25-34)38-27-33(49)17-22-40(38)54(42)47-51-45(29-10-3-1-4-11-29)50-46(52-47)30-12-5-2-6-13-30/h1-27H. The van der Waals surface area contributed by atoms with E-state index in [1.165, 1.54) is 12.1 Å². The maximum Gasteiger partial charge on any atom is 0.238 e. The molecule has 5 nitrogen and oxygen atoms in total. The van der Waals surface area contributed by atoms with Crippen molar-refractivity contribution < 1.29 is 8.78 Å². The summed E-state index contributed by atoms with van der Waals surface area (Å²) in [5, 5.41) is 7.42. The first kappa shape index (κ1) is 30.4. The highest BCUT2D eigenvalue weighted by Crippen LogP contribution is 2.43. The molecule has 11 aromatic rings. The van der Waals surface area contributed by atoms with Gasteiger partial charge in [-0.3, -0.25) is 4.57 Å². The highest BCUT2D eigenvalue weighted by molar-refractivity contribution is 6.29. The molecular weight excluding hydrogens is 673 g/mol. The topological polar surface area (TPSA) is 48.5 Å². The molecule has 0 amide bonds. The van der Waals surface area contributed by atoms with Gasteiger partial charge in [-0.2, -0.15) is 9.97 Å². The van der Waals surface area contributed by atoms with Gasteiger partial charge in [0.1, 0.15) is 11.6 Å².